The maximum atomic E-state index is 5.57. The minimum absolute atomic E-state index is 0. The Balaban J connectivity index is 0.00000169. The van der Waals surface area contributed by atoms with Crippen LogP contribution in [0.15, 0.2) is 60.8 Å². The van der Waals surface area contributed by atoms with E-state index in [0.29, 0.717) is 6.61 Å². The van der Waals surface area contributed by atoms with E-state index in [1.807, 2.05) is 6.92 Å². The monoisotopic (exact) mass is 384 g/mol. The Bertz CT molecular complexity index is 810. The van der Waals surface area contributed by atoms with Crippen LogP contribution in [0.2, 0.25) is 0 Å². The molecule has 24 heavy (non-hydrogen) atoms. The van der Waals surface area contributed by atoms with Gasteiger partial charge in [0.15, 0.2) is 5.69 Å². The summed E-state index contributed by atoms with van der Waals surface area (Å²) in [4.78, 5) is 0. The van der Waals surface area contributed by atoms with Crippen LogP contribution in [0.3, 0.4) is 0 Å². The number of aryl methyl sites for hydroxylation is 1. The zero-order valence-electron chi connectivity index (χ0n) is 13.8. The second-order valence-corrected chi connectivity index (χ2v) is 5.86. The number of ether oxygens (including phenoxy) is 1. The Morgan fingerprint density at radius 2 is 1.79 bits per heavy atom. The molecule has 0 spiro atoms. The van der Waals surface area contributed by atoms with Crippen LogP contribution in [0.1, 0.15) is 19.2 Å². The standard InChI is InChI=1S/C20H21N2O.BrH/c1-2-23-18-12-10-17(11-13-18)22-19(16-7-4-3-5-8-16)15-21-14-6-9-20(21)22;/h3-5,7-8,10-13,15H,2,6,9,14H2,1H3;1H/q+1;/p-1. The minimum atomic E-state index is 0. The van der Waals surface area contributed by atoms with Crippen LogP contribution in [-0.4, -0.2) is 11.2 Å². The second-order valence-electron chi connectivity index (χ2n) is 5.86. The van der Waals surface area contributed by atoms with E-state index < -0.39 is 0 Å². The summed E-state index contributed by atoms with van der Waals surface area (Å²) in [6.07, 6.45) is 4.63. The lowest BCUT2D eigenvalue weighted by atomic mass is 10.1. The third kappa shape index (κ3) is 2.98. The van der Waals surface area contributed by atoms with E-state index in [0.717, 1.165) is 18.7 Å². The van der Waals surface area contributed by atoms with E-state index in [-0.39, 0.29) is 17.0 Å². The minimum Gasteiger partial charge on any atom is -1.00 e. The average molecular weight is 385 g/mol. The van der Waals surface area contributed by atoms with Crippen molar-refractivity contribution in [2.24, 2.45) is 0 Å². The molecule has 3 nitrogen and oxygen atoms in total. The lowest BCUT2D eigenvalue weighted by molar-refractivity contribution is -0.689. The summed E-state index contributed by atoms with van der Waals surface area (Å²) in [6.45, 7) is 3.82. The van der Waals surface area contributed by atoms with E-state index >= 15 is 0 Å². The van der Waals surface area contributed by atoms with Gasteiger partial charge in [-0.2, -0.15) is 4.57 Å². The Labute approximate surface area is 153 Å². The normalized spacial score (nSPS) is 12.5. The van der Waals surface area contributed by atoms with Gasteiger partial charge in [0.25, 0.3) is 5.82 Å². The zero-order chi connectivity index (χ0) is 15.6. The lowest BCUT2D eigenvalue weighted by Gasteiger charge is -2.06. The van der Waals surface area contributed by atoms with Crippen molar-refractivity contribution in [3.8, 4) is 22.7 Å². The van der Waals surface area contributed by atoms with Gasteiger partial charge in [-0.1, -0.05) is 30.3 Å². The largest absolute Gasteiger partial charge is 1.00 e. The quantitative estimate of drug-likeness (QED) is 0.608. The van der Waals surface area contributed by atoms with E-state index in [4.69, 9.17) is 4.74 Å². The highest BCUT2D eigenvalue weighted by atomic mass is 79.9. The van der Waals surface area contributed by atoms with Crippen molar-refractivity contribution in [1.82, 2.24) is 4.57 Å². The summed E-state index contributed by atoms with van der Waals surface area (Å²) in [5.41, 5.74) is 3.70. The molecule has 0 amide bonds. The van der Waals surface area contributed by atoms with Crippen molar-refractivity contribution in [3.05, 3.63) is 66.6 Å². The SMILES string of the molecule is CCOc1ccc(-n2c(-c3ccccc3)c[n+]3c2CCC3)cc1.[Br-]. The summed E-state index contributed by atoms with van der Waals surface area (Å²) in [7, 11) is 0. The fourth-order valence-corrected chi connectivity index (χ4v) is 3.36. The Morgan fingerprint density at radius 1 is 1.04 bits per heavy atom. The first kappa shape index (κ1) is 16.8. The summed E-state index contributed by atoms with van der Waals surface area (Å²) < 4.78 is 10.3. The Hall–Kier alpha value is -2.07. The summed E-state index contributed by atoms with van der Waals surface area (Å²) >= 11 is 0. The van der Waals surface area contributed by atoms with Gasteiger partial charge in [-0.05, 0) is 37.6 Å². The molecule has 0 unspecified atom stereocenters. The molecule has 0 fully saturated rings. The molecule has 1 aromatic heterocycles. The molecule has 2 aromatic carbocycles. The van der Waals surface area contributed by atoms with Gasteiger partial charge in [-0.25, -0.2) is 4.57 Å². The van der Waals surface area contributed by atoms with Crippen LogP contribution in [0.5, 0.6) is 5.75 Å². The first-order valence-electron chi connectivity index (χ1n) is 8.29. The van der Waals surface area contributed by atoms with E-state index in [2.05, 4.69) is 69.9 Å². The summed E-state index contributed by atoms with van der Waals surface area (Å²) in [5, 5.41) is 0. The maximum Gasteiger partial charge on any atom is 0.262 e. The van der Waals surface area contributed by atoms with Gasteiger partial charge < -0.3 is 21.7 Å². The van der Waals surface area contributed by atoms with Crippen molar-refractivity contribution in [3.63, 3.8) is 0 Å². The Kier molecular flexibility index (Phi) is 5.05. The number of hydrogen-bond donors (Lipinski definition) is 0. The highest BCUT2D eigenvalue weighted by Crippen LogP contribution is 2.27. The average Bonchev–Trinajstić information content (AvgIpc) is 3.18. The van der Waals surface area contributed by atoms with Gasteiger partial charge in [0.05, 0.1) is 19.6 Å². The predicted molar refractivity (Wildman–Crippen MR) is 90.9 cm³/mol. The van der Waals surface area contributed by atoms with Crippen LogP contribution < -0.4 is 26.3 Å². The molecule has 4 rings (SSSR count). The predicted octanol–water partition coefficient (Wildman–Crippen LogP) is 0.781. The Morgan fingerprint density at radius 3 is 2.50 bits per heavy atom. The number of nitrogens with zero attached hydrogens (tertiary/aromatic N) is 2. The van der Waals surface area contributed by atoms with Crippen molar-refractivity contribution < 1.29 is 26.3 Å². The van der Waals surface area contributed by atoms with Crippen LogP contribution in [0, 0.1) is 0 Å². The van der Waals surface area contributed by atoms with Crippen molar-refractivity contribution in [2.45, 2.75) is 26.3 Å². The second kappa shape index (κ2) is 7.22. The lowest BCUT2D eigenvalue weighted by Crippen LogP contribution is -3.00. The first-order chi connectivity index (χ1) is 11.4. The zero-order valence-corrected chi connectivity index (χ0v) is 15.4. The fourth-order valence-electron chi connectivity index (χ4n) is 3.36. The summed E-state index contributed by atoms with van der Waals surface area (Å²) in [6, 6.07) is 19.0. The van der Waals surface area contributed by atoms with Gasteiger partial charge in [0.1, 0.15) is 17.6 Å². The van der Waals surface area contributed by atoms with E-state index in [1.54, 1.807) is 0 Å². The molecule has 124 valence electrons. The number of halogens is 1. The number of aromatic nitrogens is 2. The van der Waals surface area contributed by atoms with Gasteiger partial charge >= 0.3 is 0 Å². The molecule has 0 aliphatic carbocycles. The van der Waals surface area contributed by atoms with E-state index in [1.165, 1.54) is 29.2 Å². The van der Waals surface area contributed by atoms with Crippen LogP contribution >= 0.6 is 0 Å². The molecule has 2 heterocycles. The van der Waals surface area contributed by atoms with Gasteiger partial charge in [-0.3, -0.25) is 0 Å². The molecule has 0 bridgehead atoms. The number of rotatable bonds is 4. The number of fused-ring (bicyclic) bond motifs is 1. The molecule has 4 heteroatoms. The number of benzene rings is 2. The molecule has 0 atom stereocenters. The molecule has 0 saturated carbocycles. The maximum absolute atomic E-state index is 5.57. The van der Waals surface area contributed by atoms with Gasteiger partial charge in [0.2, 0.25) is 0 Å². The van der Waals surface area contributed by atoms with Crippen LogP contribution in [0.25, 0.3) is 16.9 Å². The molecule has 0 N–H and O–H groups in total. The highest BCUT2D eigenvalue weighted by Gasteiger charge is 2.29. The summed E-state index contributed by atoms with van der Waals surface area (Å²) in [5.74, 6) is 2.31. The van der Waals surface area contributed by atoms with Crippen LogP contribution in [0.4, 0.5) is 0 Å². The fraction of sp³-hybridized carbons (Fsp3) is 0.250. The first-order valence-corrected chi connectivity index (χ1v) is 8.29. The molecule has 1 aliphatic rings. The van der Waals surface area contributed by atoms with Crippen molar-refractivity contribution in [1.29, 1.82) is 0 Å². The molecule has 3 aromatic rings. The van der Waals surface area contributed by atoms with Crippen LogP contribution in [-0.2, 0) is 13.0 Å². The van der Waals surface area contributed by atoms with E-state index in [9.17, 15) is 0 Å². The third-order valence-electron chi connectivity index (χ3n) is 4.38. The van der Waals surface area contributed by atoms with Gasteiger partial charge in [-0.15, -0.1) is 0 Å². The molecular weight excluding hydrogens is 364 g/mol. The molecule has 1 aliphatic heterocycles. The highest BCUT2D eigenvalue weighted by molar-refractivity contribution is 5.61. The molecule has 0 saturated heterocycles. The smallest absolute Gasteiger partial charge is 0.262 e. The molecular formula is C20H21BrN2O. The third-order valence-corrected chi connectivity index (χ3v) is 4.38. The van der Waals surface area contributed by atoms with Crippen molar-refractivity contribution >= 4 is 0 Å². The molecule has 0 radical (unpaired) electrons. The number of imidazole rings is 1. The topological polar surface area (TPSA) is 18.0 Å². The van der Waals surface area contributed by atoms with Gasteiger partial charge in [0, 0.05) is 5.56 Å². The number of hydrogen-bond acceptors (Lipinski definition) is 1. The van der Waals surface area contributed by atoms with Crippen molar-refractivity contribution in [2.75, 3.05) is 6.61 Å².